The van der Waals surface area contributed by atoms with Gasteiger partial charge in [0.15, 0.2) is 0 Å². The molecule has 2 aromatic rings. The highest BCUT2D eigenvalue weighted by atomic mass is 32.2. The van der Waals surface area contributed by atoms with Crippen molar-refractivity contribution in [1.82, 2.24) is 14.6 Å². The monoisotopic (exact) mass is 489 g/mol. The maximum Gasteiger partial charge on any atom is 0.224 e. The van der Waals surface area contributed by atoms with E-state index in [1.165, 1.54) is 4.31 Å². The van der Waals surface area contributed by atoms with Crippen LogP contribution in [0.15, 0.2) is 42.6 Å². The summed E-state index contributed by atoms with van der Waals surface area (Å²) in [5.41, 5.74) is 0.765. The Labute approximate surface area is 202 Å². The van der Waals surface area contributed by atoms with E-state index in [-0.39, 0.29) is 24.1 Å². The van der Waals surface area contributed by atoms with E-state index in [1.54, 1.807) is 12.3 Å². The highest BCUT2D eigenvalue weighted by Gasteiger charge is 2.30. The van der Waals surface area contributed by atoms with Crippen molar-refractivity contribution in [2.24, 2.45) is 5.92 Å². The number of unbranched alkanes of at least 4 members (excludes halogenated alkanes) is 1. The lowest BCUT2D eigenvalue weighted by molar-refractivity contribution is -0.126. The van der Waals surface area contributed by atoms with Crippen LogP contribution in [-0.4, -0.2) is 49.1 Å². The number of nitrogens with one attached hydrogen (secondary N) is 1. The molecule has 8 nitrogen and oxygen atoms in total. The van der Waals surface area contributed by atoms with E-state index in [0.29, 0.717) is 50.6 Å². The molecule has 0 saturated carbocycles. The van der Waals surface area contributed by atoms with E-state index in [4.69, 9.17) is 9.47 Å². The average Bonchev–Trinajstić information content (AvgIpc) is 2.86. The van der Waals surface area contributed by atoms with Crippen molar-refractivity contribution in [3.8, 4) is 17.4 Å². The number of nitrogens with zero attached hydrogens (tertiary/aromatic N) is 2. The minimum Gasteiger partial charge on any atom is -0.494 e. The number of carbonyl (C=O) groups excluding carboxylic acids is 1. The Morgan fingerprint density at radius 3 is 2.47 bits per heavy atom. The van der Waals surface area contributed by atoms with Crippen LogP contribution in [0.3, 0.4) is 0 Å². The first kappa shape index (κ1) is 26.0. The molecule has 2 heterocycles. The van der Waals surface area contributed by atoms with Gasteiger partial charge in [-0.1, -0.05) is 26.3 Å². The smallest absolute Gasteiger partial charge is 0.224 e. The van der Waals surface area contributed by atoms with Gasteiger partial charge in [0.1, 0.15) is 11.5 Å². The molecule has 1 aromatic carbocycles. The third-order valence-electron chi connectivity index (χ3n) is 5.79. The maximum absolute atomic E-state index is 12.7. The lowest BCUT2D eigenvalue weighted by Gasteiger charge is -2.30. The third-order valence-corrected chi connectivity index (χ3v) is 7.74. The average molecular weight is 490 g/mol. The molecule has 186 valence electrons. The molecule has 1 fully saturated rings. The van der Waals surface area contributed by atoms with E-state index in [2.05, 4.69) is 17.2 Å². The van der Waals surface area contributed by atoms with Crippen molar-refractivity contribution in [1.29, 1.82) is 0 Å². The molecule has 1 aliphatic rings. The Morgan fingerprint density at radius 1 is 1.09 bits per heavy atom. The summed E-state index contributed by atoms with van der Waals surface area (Å²) in [7, 11) is -3.22. The molecular formula is C25H35N3O5S. The number of aromatic nitrogens is 1. The van der Waals surface area contributed by atoms with Gasteiger partial charge < -0.3 is 14.8 Å². The standard InChI is InChI=1S/C25H35N3O5S/c1-3-5-18-34(30,31)28-15-12-20(13-16-28)24(29)27-19-21-7-6-14-26-25(21)33-23-10-8-22(9-11-23)32-17-4-2/h6-11,14,20H,3-5,12-13,15-19H2,1-2H3,(H,27,29). The summed E-state index contributed by atoms with van der Waals surface area (Å²) in [4.78, 5) is 17.1. The van der Waals surface area contributed by atoms with Crippen molar-refractivity contribution < 1.29 is 22.7 Å². The molecule has 1 aliphatic heterocycles. The second kappa shape index (κ2) is 12.7. The molecule has 1 N–H and O–H groups in total. The van der Waals surface area contributed by atoms with Gasteiger partial charge in [0.05, 0.1) is 12.4 Å². The Bertz CT molecular complexity index is 1020. The second-order valence-electron chi connectivity index (χ2n) is 8.45. The zero-order chi connectivity index (χ0) is 24.4. The van der Waals surface area contributed by atoms with Crippen LogP contribution < -0.4 is 14.8 Å². The largest absolute Gasteiger partial charge is 0.494 e. The number of benzene rings is 1. The van der Waals surface area contributed by atoms with Crippen LogP contribution >= 0.6 is 0 Å². The van der Waals surface area contributed by atoms with Crippen molar-refractivity contribution in [2.45, 2.75) is 52.5 Å². The number of carbonyl (C=O) groups is 1. The summed E-state index contributed by atoms with van der Waals surface area (Å²) in [5, 5.41) is 2.97. The molecule has 34 heavy (non-hydrogen) atoms. The van der Waals surface area contributed by atoms with Gasteiger partial charge in [-0.05, 0) is 56.0 Å². The van der Waals surface area contributed by atoms with Crippen molar-refractivity contribution in [2.75, 3.05) is 25.4 Å². The molecule has 0 bridgehead atoms. The molecule has 1 amide bonds. The van der Waals surface area contributed by atoms with E-state index in [1.807, 2.05) is 37.3 Å². The lowest BCUT2D eigenvalue weighted by atomic mass is 9.97. The molecule has 0 atom stereocenters. The van der Waals surface area contributed by atoms with Crippen LogP contribution in [0.5, 0.6) is 17.4 Å². The highest BCUT2D eigenvalue weighted by molar-refractivity contribution is 7.89. The molecule has 1 saturated heterocycles. The first-order valence-corrected chi connectivity index (χ1v) is 13.6. The van der Waals surface area contributed by atoms with Crippen LogP contribution in [-0.2, 0) is 21.4 Å². The van der Waals surface area contributed by atoms with Gasteiger partial charge in [-0.3, -0.25) is 4.79 Å². The van der Waals surface area contributed by atoms with Gasteiger partial charge >= 0.3 is 0 Å². The Morgan fingerprint density at radius 2 is 1.79 bits per heavy atom. The number of rotatable bonds is 12. The summed E-state index contributed by atoms with van der Waals surface area (Å²) in [6.45, 7) is 5.77. The normalized spacial score (nSPS) is 15.1. The van der Waals surface area contributed by atoms with Crippen molar-refractivity contribution >= 4 is 15.9 Å². The molecule has 9 heteroatoms. The molecule has 3 rings (SSSR count). The number of sulfonamides is 1. The Kier molecular flexibility index (Phi) is 9.71. The van der Waals surface area contributed by atoms with Crippen LogP contribution in [0.4, 0.5) is 0 Å². The minimum atomic E-state index is -3.22. The number of hydrogen-bond acceptors (Lipinski definition) is 6. The summed E-state index contributed by atoms with van der Waals surface area (Å²) < 4.78 is 37.8. The predicted octanol–water partition coefficient (Wildman–Crippen LogP) is 4.12. The van der Waals surface area contributed by atoms with E-state index >= 15 is 0 Å². The molecule has 0 unspecified atom stereocenters. The first-order chi connectivity index (χ1) is 16.4. The maximum atomic E-state index is 12.7. The van der Waals surface area contributed by atoms with E-state index < -0.39 is 10.0 Å². The predicted molar refractivity (Wildman–Crippen MR) is 131 cm³/mol. The van der Waals surface area contributed by atoms with E-state index in [0.717, 1.165) is 24.2 Å². The third kappa shape index (κ3) is 7.43. The van der Waals surface area contributed by atoms with Crippen molar-refractivity contribution in [3.63, 3.8) is 0 Å². The zero-order valence-corrected chi connectivity index (χ0v) is 20.9. The zero-order valence-electron chi connectivity index (χ0n) is 20.0. The highest BCUT2D eigenvalue weighted by Crippen LogP contribution is 2.26. The van der Waals surface area contributed by atoms with Crippen molar-refractivity contribution in [3.05, 3.63) is 48.2 Å². The fourth-order valence-electron chi connectivity index (χ4n) is 3.76. The fraction of sp³-hybridized carbons (Fsp3) is 0.520. The van der Waals surface area contributed by atoms with Gasteiger partial charge in [0, 0.05) is 37.3 Å². The van der Waals surface area contributed by atoms with Crippen LogP contribution in [0.2, 0.25) is 0 Å². The molecule has 0 radical (unpaired) electrons. The van der Waals surface area contributed by atoms with Gasteiger partial charge in [0.25, 0.3) is 0 Å². The van der Waals surface area contributed by atoms with Gasteiger partial charge in [-0.15, -0.1) is 0 Å². The number of amides is 1. The summed E-state index contributed by atoms with van der Waals surface area (Å²) in [5.74, 6) is 1.76. The Hall–Kier alpha value is -2.65. The fourth-order valence-corrected chi connectivity index (χ4v) is 5.44. The molecule has 1 aromatic heterocycles. The van der Waals surface area contributed by atoms with Crippen LogP contribution in [0.25, 0.3) is 0 Å². The molecule has 0 aliphatic carbocycles. The summed E-state index contributed by atoms with van der Waals surface area (Å²) >= 11 is 0. The summed E-state index contributed by atoms with van der Waals surface area (Å²) in [6.07, 6.45) is 5.15. The number of hydrogen-bond donors (Lipinski definition) is 1. The lowest BCUT2D eigenvalue weighted by Crippen LogP contribution is -2.43. The van der Waals surface area contributed by atoms with Gasteiger partial charge in [0.2, 0.25) is 21.8 Å². The number of pyridine rings is 1. The van der Waals surface area contributed by atoms with Crippen LogP contribution in [0.1, 0.15) is 51.5 Å². The van der Waals surface area contributed by atoms with Crippen LogP contribution in [0, 0.1) is 5.92 Å². The minimum absolute atomic E-state index is 0.0714. The number of piperidine rings is 1. The SMILES string of the molecule is CCCCS(=O)(=O)N1CCC(C(=O)NCc2cccnc2Oc2ccc(OCCC)cc2)CC1. The van der Waals surface area contributed by atoms with E-state index in [9.17, 15) is 13.2 Å². The van der Waals surface area contributed by atoms with Gasteiger partial charge in [-0.25, -0.2) is 17.7 Å². The molecular weight excluding hydrogens is 454 g/mol. The second-order valence-corrected chi connectivity index (χ2v) is 10.5. The first-order valence-electron chi connectivity index (χ1n) is 12.0. The number of ether oxygens (including phenoxy) is 2. The quantitative estimate of drug-likeness (QED) is 0.482. The summed E-state index contributed by atoms with van der Waals surface area (Å²) in [6, 6.07) is 11.0. The molecule has 0 spiro atoms. The van der Waals surface area contributed by atoms with Gasteiger partial charge in [-0.2, -0.15) is 0 Å². The topological polar surface area (TPSA) is 97.8 Å². The Balaban J connectivity index is 1.52.